The average Bonchev–Trinajstić information content (AvgIpc) is 3.13. The molecule has 0 spiro atoms. The average molecular weight is 526 g/mol. The highest BCUT2D eigenvalue weighted by molar-refractivity contribution is 9.10. The van der Waals surface area contributed by atoms with Gasteiger partial charge in [-0.3, -0.25) is 19.6 Å². The molecule has 3 aromatic rings. The van der Waals surface area contributed by atoms with Crippen LogP contribution < -0.4 is 5.43 Å². The van der Waals surface area contributed by atoms with E-state index in [1.807, 2.05) is 30.3 Å². The second kappa shape index (κ2) is 10.3. The first kappa shape index (κ1) is 25.2. The van der Waals surface area contributed by atoms with E-state index < -0.39 is 23.5 Å². The molecule has 2 aromatic carbocycles. The van der Waals surface area contributed by atoms with Gasteiger partial charge in [0, 0.05) is 39.3 Å². The van der Waals surface area contributed by atoms with Crippen LogP contribution in [0.4, 0.5) is 4.79 Å². The quantitative estimate of drug-likeness (QED) is 0.345. The first-order valence-electron chi connectivity index (χ1n) is 10.9. The highest BCUT2D eigenvalue weighted by Crippen LogP contribution is 2.24. The molecule has 2 amide bonds. The standard InChI is InChI=1S/C26H28BrN3O4/c1-17(2)30(28-24(32)18-9-8-10-20(27)15-18)23(31)14-13-19-16-29(25(33)34-26(3,4)5)22-12-7-6-11-21(19)22/h6-17H,1-5H3,(H,28,32). The summed E-state index contributed by atoms with van der Waals surface area (Å²) in [6.07, 6.45) is 4.15. The van der Waals surface area contributed by atoms with Gasteiger partial charge in [0.1, 0.15) is 5.60 Å². The fourth-order valence-corrected chi connectivity index (χ4v) is 3.68. The van der Waals surface area contributed by atoms with E-state index in [1.165, 1.54) is 15.7 Å². The molecule has 0 saturated carbocycles. The molecular formula is C26H28BrN3O4. The maximum absolute atomic E-state index is 13.0. The number of carbonyl (C=O) groups excluding carboxylic acids is 3. The molecule has 0 fully saturated rings. The molecule has 0 aliphatic rings. The van der Waals surface area contributed by atoms with E-state index in [1.54, 1.807) is 65.1 Å². The smallest absolute Gasteiger partial charge is 0.419 e. The predicted octanol–water partition coefficient (Wildman–Crippen LogP) is 5.78. The lowest BCUT2D eigenvalue weighted by Gasteiger charge is -2.26. The van der Waals surface area contributed by atoms with Gasteiger partial charge in [-0.2, -0.15) is 0 Å². The number of hydrogen-bond acceptors (Lipinski definition) is 4. The minimum Gasteiger partial charge on any atom is -0.443 e. The van der Waals surface area contributed by atoms with Crippen molar-refractivity contribution in [1.82, 2.24) is 15.0 Å². The Kier molecular flexibility index (Phi) is 7.61. The Morgan fingerprint density at radius 3 is 2.44 bits per heavy atom. The number of para-hydroxylation sites is 1. The molecule has 0 atom stereocenters. The van der Waals surface area contributed by atoms with Crippen molar-refractivity contribution in [3.05, 3.63) is 76.4 Å². The largest absolute Gasteiger partial charge is 0.443 e. The Hall–Kier alpha value is -3.39. The summed E-state index contributed by atoms with van der Waals surface area (Å²) in [7, 11) is 0. The van der Waals surface area contributed by atoms with Crippen molar-refractivity contribution in [2.75, 3.05) is 0 Å². The minimum absolute atomic E-state index is 0.281. The van der Waals surface area contributed by atoms with Crippen LogP contribution in [-0.4, -0.2) is 39.1 Å². The van der Waals surface area contributed by atoms with Crippen LogP contribution in [0, 0.1) is 0 Å². The molecule has 8 heteroatoms. The number of hydrazine groups is 1. The number of ether oxygens (including phenoxy) is 1. The zero-order valence-corrected chi connectivity index (χ0v) is 21.4. The number of carbonyl (C=O) groups is 3. The third-order valence-corrected chi connectivity index (χ3v) is 5.29. The van der Waals surface area contributed by atoms with E-state index in [0.717, 1.165) is 9.86 Å². The maximum atomic E-state index is 13.0. The highest BCUT2D eigenvalue weighted by Gasteiger charge is 2.21. The van der Waals surface area contributed by atoms with Gasteiger partial charge < -0.3 is 4.74 Å². The zero-order chi connectivity index (χ0) is 25.0. The van der Waals surface area contributed by atoms with Gasteiger partial charge in [0.15, 0.2) is 0 Å². The van der Waals surface area contributed by atoms with Crippen LogP contribution >= 0.6 is 15.9 Å². The van der Waals surface area contributed by atoms with Gasteiger partial charge in [-0.05, 0) is 65.0 Å². The van der Waals surface area contributed by atoms with Crippen molar-refractivity contribution >= 4 is 50.8 Å². The van der Waals surface area contributed by atoms with Crippen LogP contribution in [-0.2, 0) is 9.53 Å². The van der Waals surface area contributed by atoms with Gasteiger partial charge >= 0.3 is 6.09 Å². The lowest BCUT2D eigenvalue weighted by Crippen LogP contribution is -2.49. The number of amides is 2. The van der Waals surface area contributed by atoms with Crippen LogP contribution in [0.5, 0.6) is 0 Å². The minimum atomic E-state index is -0.640. The van der Waals surface area contributed by atoms with E-state index in [-0.39, 0.29) is 6.04 Å². The molecule has 178 valence electrons. The molecular weight excluding hydrogens is 498 g/mol. The van der Waals surface area contributed by atoms with Crippen molar-refractivity contribution in [2.45, 2.75) is 46.3 Å². The van der Waals surface area contributed by atoms with Crippen LogP contribution in [0.1, 0.15) is 50.5 Å². The van der Waals surface area contributed by atoms with E-state index in [9.17, 15) is 14.4 Å². The summed E-state index contributed by atoms with van der Waals surface area (Å²) < 4.78 is 7.71. The Balaban J connectivity index is 1.85. The molecule has 1 N–H and O–H groups in total. The van der Waals surface area contributed by atoms with Gasteiger partial charge in [-0.1, -0.05) is 40.2 Å². The summed E-state index contributed by atoms with van der Waals surface area (Å²) in [5, 5.41) is 2.07. The monoisotopic (exact) mass is 525 g/mol. The Bertz CT molecular complexity index is 1250. The van der Waals surface area contributed by atoms with Crippen molar-refractivity contribution in [2.24, 2.45) is 0 Å². The summed E-state index contributed by atoms with van der Waals surface area (Å²) in [5.74, 6) is -0.786. The molecule has 0 aliphatic heterocycles. The Labute approximate surface area is 207 Å². The maximum Gasteiger partial charge on any atom is 0.419 e. The fourth-order valence-electron chi connectivity index (χ4n) is 3.28. The van der Waals surface area contributed by atoms with E-state index in [2.05, 4.69) is 21.4 Å². The van der Waals surface area contributed by atoms with Gasteiger partial charge in [0.2, 0.25) is 0 Å². The number of halogens is 1. The first-order valence-corrected chi connectivity index (χ1v) is 11.7. The summed E-state index contributed by atoms with van der Waals surface area (Å²) in [6.45, 7) is 9.03. The van der Waals surface area contributed by atoms with Crippen LogP contribution in [0.2, 0.25) is 0 Å². The number of benzene rings is 2. The van der Waals surface area contributed by atoms with Crippen molar-refractivity contribution in [3.63, 3.8) is 0 Å². The molecule has 7 nitrogen and oxygen atoms in total. The lowest BCUT2D eigenvalue weighted by molar-refractivity contribution is -0.130. The Morgan fingerprint density at radius 1 is 1.09 bits per heavy atom. The van der Waals surface area contributed by atoms with Gasteiger partial charge in [0.05, 0.1) is 5.52 Å². The molecule has 1 aromatic heterocycles. The molecule has 1 heterocycles. The molecule has 0 radical (unpaired) electrons. The summed E-state index contributed by atoms with van der Waals surface area (Å²) in [4.78, 5) is 38.3. The molecule has 34 heavy (non-hydrogen) atoms. The molecule has 0 bridgehead atoms. The molecule has 0 saturated heterocycles. The summed E-state index contributed by atoms with van der Waals surface area (Å²) >= 11 is 3.35. The van der Waals surface area contributed by atoms with Crippen LogP contribution in [0.15, 0.2) is 65.3 Å². The molecule has 0 unspecified atom stereocenters. The second-order valence-electron chi connectivity index (χ2n) is 9.04. The van der Waals surface area contributed by atoms with Gasteiger partial charge in [-0.15, -0.1) is 0 Å². The number of aromatic nitrogens is 1. The van der Waals surface area contributed by atoms with Gasteiger partial charge in [-0.25, -0.2) is 9.80 Å². The fraction of sp³-hybridized carbons (Fsp3) is 0.269. The highest BCUT2D eigenvalue weighted by atomic mass is 79.9. The topological polar surface area (TPSA) is 80.6 Å². The normalized spacial score (nSPS) is 11.7. The predicted molar refractivity (Wildman–Crippen MR) is 136 cm³/mol. The van der Waals surface area contributed by atoms with Crippen molar-refractivity contribution in [3.8, 4) is 0 Å². The van der Waals surface area contributed by atoms with E-state index in [4.69, 9.17) is 4.74 Å². The summed E-state index contributed by atoms with van der Waals surface area (Å²) in [6, 6.07) is 14.0. The SMILES string of the molecule is CC(C)N(NC(=O)c1cccc(Br)c1)C(=O)C=Cc1cn(C(=O)OC(C)(C)C)c2ccccc12. The van der Waals surface area contributed by atoms with E-state index >= 15 is 0 Å². The number of hydrogen-bond donors (Lipinski definition) is 1. The zero-order valence-electron chi connectivity index (χ0n) is 19.8. The lowest BCUT2D eigenvalue weighted by atomic mass is 10.1. The molecule has 0 aliphatic carbocycles. The summed E-state index contributed by atoms with van der Waals surface area (Å²) in [5.41, 5.74) is 3.81. The Morgan fingerprint density at radius 2 is 1.79 bits per heavy atom. The number of rotatable bonds is 4. The van der Waals surface area contributed by atoms with Crippen LogP contribution in [0.3, 0.4) is 0 Å². The third-order valence-electron chi connectivity index (χ3n) is 4.80. The van der Waals surface area contributed by atoms with Gasteiger partial charge in [0.25, 0.3) is 11.8 Å². The van der Waals surface area contributed by atoms with Crippen molar-refractivity contribution in [1.29, 1.82) is 0 Å². The van der Waals surface area contributed by atoms with Crippen LogP contribution in [0.25, 0.3) is 17.0 Å². The number of nitrogens with zero attached hydrogens (tertiary/aromatic N) is 2. The number of nitrogens with one attached hydrogen (secondary N) is 1. The first-order chi connectivity index (χ1) is 16.0. The number of fused-ring (bicyclic) bond motifs is 1. The van der Waals surface area contributed by atoms with Crippen molar-refractivity contribution < 1.29 is 19.1 Å². The van der Waals surface area contributed by atoms with E-state index in [0.29, 0.717) is 16.6 Å². The third kappa shape index (κ3) is 6.14. The second-order valence-corrected chi connectivity index (χ2v) is 9.95. The molecule has 3 rings (SSSR count).